The number of rotatable bonds is 3. The zero-order chi connectivity index (χ0) is 14.5. The van der Waals surface area contributed by atoms with Crippen LogP contribution in [0, 0.1) is 5.92 Å². The molecule has 1 rings (SSSR count). The van der Waals surface area contributed by atoms with Crippen LogP contribution in [0.15, 0.2) is 0 Å². The summed E-state index contributed by atoms with van der Waals surface area (Å²) in [6.45, 7) is 9.40. The highest BCUT2D eigenvalue weighted by Crippen LogP contribution is 2.17. The van der Waals surface area contributed by atoms with Crippen LogP contribution in [0.25, 0.3) is 0 Å². The van der Waals surface area contributed by atoms with Gasteiger partial charge in [-0.25, -0.2) is 0 Å². The zero-order valence-corrected chi connectivity index (χ0v) is 12.7. The fourth-order valence-corrected chi connectivity index (χ4v) is 2.27. The van der Waals surface area contributed by atoms with E-state index in [1.54, 1.807) is 0 Å². The van der Waals surface area contributed by atoms with Crippen molar-refractivity contribution >= 4 is 11.9 Å². The van der Waals surface area contributed by atoms with Gasteiger partial charge >= 0.3 is 5.97 Å². The van der Waals surface area contributed by atoms with E-state index in [0.29, 0.717) is 5.92 Å². The minimum atomic E-state index is -0.474. The van der Waals surface area contributed by atoms with Gasteiger partial charge in [0.15, 0.2) is 0 Å². The molecule has 1 atom stereocenters. The number of hydrogen-bond donors (Lipinski definition) is 0. The number of likely N-dealkylation sites (tertiary alicyclic amines) is 1. The maximum absolute atomic E-state index is 12.0. The third-order valence-corrected chi connectivity index (χ3v) is 3.33. The van der Waals surface area contributed by atoms with E-state index in [1.165, 1.54) is 6.42 Å². The number of hydrogen-bond acceptors (Lipinski definition) is 3. The number of carbonyl (C=O) groups excluding carboxylic acids is 2. The lowest BCUT2D eigenvalue weighted by molar-refractivity contribution is -0.156. The first-order valence-electron chi connectivity index (χ1n) is 7.27. The zero-order valence-electron chi connectivity index (χ0n) is 12.7. The molecule has 19 heavy (non-hydrogen) atoms. The van der Waals surface area contributed by atoms with Gasteiger partial charge in [0.2, 0.25) is 5.91 Å². The summed E-state index contributed by atoms with van der Waals surface area (Å²) in [5.41, 5.74) is -0.474. The molecule has 4 heteroatoms. The average Bonchev–Trinajstić information content (AvgIpc) is 2.48. The van der Waals surface area contributed by atoms with Crippen LogP contribution in [-0.2, 0) is 14.3 Å². The van der Waals surface area contributed by atoms with Gasteiger partial charge in [0.1, 0.15) is 5.60 Å². The van der Waals surface area contributed by atoms with Gasteiger partial charge < -0.3 is 9.64 Å². The molecule has 110 valence electrons. The van der Waals surface area contributed by atoms with Crippen LogP contribution in [0.3, 0.4) is 0 Å². The predicted octanol–water partition coefficient (Wildman–Crippen LogP) is 2.76. The SMILES string of the molecule is CC1CCCN(C(=O)CCC(=O)OC(C)(C)C)CC1. The lowest BCUT2D eigenvalue weighted by atomic mass is 10.0. The normalized spacial score (nSPS) is 20.8. The third-order valence-electron chi connectivity index (χ3n) is 3.33. The van der Waals surface area contributed by atoms with Crippen LogP contribution in [0.5, 0.6) is 0 Å². The molecule has 1 aliphatic rings. The molecule has 0 aromatic carbocycles. The van der Waals surface area contributed by atoms with Crippen LogP contribution in [-0.4, -0.2) is 35.5 Å². The lowest BCUT2D eigenvalue weighted by Crippen LogP contribution is -2.32. The standard InChI is InChI=1S/C15H27NO3/c1-12-6-5-10-16(11-9-12)13(17)7-8-14(18)19-15(2,3)4/h12H,5-11H2,1-4H3. The van der Waals surface area contributed by atoms with Gasteiger partial charge in [0.25, 0.3) is 0 Å². The van der Waals surface area contributed by atoms with Crippen LogP contribution in [0.4, 0.5) is 0 Å². The molecular weight excluding hydrogens is 242 g/mol. The van der Waals surface area contributed by atoms with E-state index in [-0.39, 0.29) is 24.7 Å². The van der Waals surface area contributed by atoms with Crippen LogP contribution >= 0.6 is 0 Å². The van der Waals surface area contributed by atoms with Crippen molar-refractivity contribution in [1.29, 1.82) is 0 Å². The first-order chi connectivity index (χ1) is 8.78. The summed E-state index contributed by atoms with van der Waals surface area (Å²) in [5.74, 6) is 0.493. The second-order valence-electron chi connectivity index (χ2n) is 6.50. The van der Waals surface area contributed by atoms with E-state index in [0.717, 1.165) is 25.9 Å². The van der Waals surface area contributed by atoms with Crippen LogP contribution < -0.4 is 0 Å². The lowest BCUT2D eigenvalue weighted by Gasteiger charge is -2.22. The molecule has 0 bridgehead atoms. The topological polar surface area (TPSA) is 46.6 Å². The summed E-state index contributed by atoms with van der Waals surface area (Å²) < 4.78 is 5.21. The Hall–Kier alpha value is -1.06. The number of carbonyl (C=O) groups is 2. The molecule has 1 unspecified atom stereocenters. The van der Waals surface area contributed by atoms with E-state index in [9.17, 15) is 9.59 Å². The molecule has 1 fully saturated rings. The van der Waals surface area contributed by atoms with Crippen molar-refractivity contribution in [3.8, 4) is 0 Å². The fraction of sp³-hybridized carbons (Fsp3) is 0.867. The minimum absolute atomic E-state index is 0.0833. The van der Waals surface area contributed by atoms with E-state index in [2.05, 4.69) is 6.92 Å². The number of esters is 1. The smallest absolute Gasteiger partial charge is 0.306 e. The third kappa shape index (κ3) is 6.60. The minimum Gasteiger partial charge on any atom is -0.460 e. The summed E-state index contributed by atoms with van der Waals surface area (Å²) in [4.78, 5) is 25.5. The number of ether oxygens (including phenoxy) is 1. The Balaban J connectivity index is 2.32. The van der Waals surface area contributed by atoms with Gasteiger partial charge in [-0.05, 0) is 46.0 Å². The summed E-state index contributed by atoms with van der Waals surface area (Å²) in [5, 5.41) is 0. The fourth-order valence-electron chi connectivity index (χ4n) is 2.27. The van der Waals surface area contributed by atoms with Crippen LogP contribution in [0.2, 0.25) is 0 Å². The second kappa shape index (κ2) is 6.92. The van der Waals surface area contributed by atoms with Crippen molar-refractivity contribution in [2.45, 2.75) is 65.4 Å². The number of amides is 1. The molecule has 0 N–H and O–H groups in total. The molecular formula is C15H27NO3. The molecule has 4 nitrogen and oxygen atoms in total. The predicted molar refractivity (Wildman–Crippen MR) is 74.7 cm³/mol. The van der Waals surface area contributed by atoms with Crippen molar-refractivity contribution in [2.24, 2.45) is 5.92 Å². The highest BCUT2D eigenvalue weighted by molar-refractivity contribution is 5.81. The van der Waals surface area contributed by atoms with Crippen LogP contribution in [0.1, 0.15) is 59.8 Å². The van der Waals surface area contributed by atoms with Gasteiger partial charge in [0.05, 0.1) is 6.42 Å². The largest absolute Gasteiger partial charge is 0.460 e. The maximum Gasteiger partial charge on any atom is 0.306 e. The van der Waals surface area contributed by atoms with E-state index < -0.39 is 5.60 Å². The highest BCUT2D eigenvalue weighted by atomic mass is 16.6. The van der Waals surface area contributed by atoms with Gasteiger partial charge in [-0.3, -0.25) is 9.59 Å². The molecule has 0 saturated carbocycles. The Morgan fingerprint density at radius 1 is 1.16 bits per heavy atom. The molecule has 0 radical (unpaired) electrons. The van der Waals surface area contributed by atoms with Crippen molar-refractivity contribution in [3.05, 3.63) is 0 Å². The van der Waals surface area contributed by atoms with E-state index >= 15 is 0 Å². The Bertz CT molecular complexity index is 320. The highest BCUT2D eigenvalue weighted by Gasteiger charge is 2.21. The van der Waals surface area contributed by atoms with Gasteiger partial charge in [-0.15, -0.1) is 0 Å². The Labute approximate surface area is 116 Å². The summed E-state index contributed by atoms with van der Waals surface area (Å²) in [6.07, 6.45) is 3.78. The van der Waals surface area contributed by atoms with E-state index in [1.807, 2.05) is 25.7 Å². The van der Waals surface area contributed by atoms with Gasteiger partial charge in [-0.1, -0.05) is 6.92 Å². The molecule has 0 aromatic rings. The summed E-state index contributed by atoms with van der Waals surface area (Å²) in [6, 6.07) is 0. The van der Waals surface area contributed by atoms with E-state index in [4.69, 9.17) is 4.74 Å². The maximum atomic E-state index is 12.0. The Morgan fingerprint density at radius 2 is 1.84 bits per heavy atom. The molecule has 1 heterocycles. The Kier molecular flexibility index (Phi) is 5.83. The quantitative estimate of drug-likeness (QED) is 0.740. The molecule has 1 aliphatic heterocycles. The average molecular weight is 269 g/mol. The summed E-state index contributed by atoms with van der Waals surface area (Å²) in [7, 11) is 0. The Morgan fingerprint density at radius 3 is 2.47 bits per heavy atom. The molecule has 0 aliphatic carbocycles. The number of nitrogens with zero attached hydrogens (tertiary/aromatic N) is 1. The molecule has 0 aromatic heterocycles. The summed E-state index contributed by atoms with van der Waals surface area (Å²) >= 11 is 0. The van der Waals surface area contributed by atoms with Crippen molar-refractivity contribution in [3.63, 3.8) is 0 Å². The van der Waals surface area contributed by atoms with Crippen molar-refractivity contribution in [2.75, 3.05) is 13.1 Å². The van der Waals surface area contributed by atoms with Crippen molar-refractivity contribution in [1.82, 2.24) is 4.90 Å². The first kappa shape index (κ1) is 16.0. The molecule has 1 amide bonds. The van der Waals surface area contributed by atoms with Gasteiger partial charge in [0, 0.05) is 19.5 Å². The van der Waals surface area contributed by atoms with Gasteiger partial charge in [-0.2, -0.15) is 0 Å². The van der Waals surface area contributed by atoms with Crippen molar-refractivity contribution < 1.29 is 14.3 Å². The first-order valence-corrected chi connectivity index (χ1v) is 7.27. The molecule has 1 saturated heterocycles. The molecule has 0 spiro atoms. The monoisotopic (exact) mass is 269 g/mol. The second-order valence-corrected chi connectivity index (χ2v) is 6.50.